The highest BCUT2D eigenvalue weighted by atomic mass is 35.5. The molecule has 0 bridgehead atoms. The number of benzene rings is 2. The van der Waals surface area contributed by atoms with Gasteiger partial charge in [0.15, 0.2) is 0 Å². The van der Waals surface area contributed by atoms with Crippen molar-refractivity contribution in [1.82, 2.24) is 4.90 Å². The summed E-state index contributed by atoms with van der Waals surface area (Å²) in [4.78, 5) is 7.84. The first-order valence-electron chi connectivity index (χ1n) is 7.78. The maximum absolute atomic E-state index is 2.59. The fraction of sp³-hybridized carbons (Fsp3) is 0.333. The maximum atomic E-state index is 2.59. The van der Waals surface area contributed by atoms with Crippen LogP contribution in [0.3, 0.4) is 0 Å². The molecule has 116 valence electrons. The summed E-state index contributed by atoms with van der Waals surface area (Å²) < 4.78 is 0. The molecule has 2 aromatic carbocycles. The lowest BCUT2D eigenvalue weighted by atomic mass is 10.2. The van der Waals surface area contributed by atoms with Crippen LogP contribution in [0.2, 0.25) is 0 Å². The van der Waals surface area contributed by atoms with Crippen LogP contribution in [-0.2, 0) is 0 Å². The molecule has 0 radical (unpaired) electrons. The first-order chi connectivity index (χ1) is 10.4. The van der Waals surface area contributed by atoms with Gasteiger partial charge in [0, 0.05) is 22.9 Å². The lowest BCUT2D eigenvalue weighted by molar-refractivity contribution is -0.00000410. The van der Waals surface area contributed by atoms with Crippen LogP contribution in [0.25, 0.3) is 0 Å². The van der Waals surface area contributed by atoms with Crippen LogP contribution in [0.5, 0.6) is 0 Å². The largest absolute Gasteiger partial charge is 1.00 e. The van der Waals surface area contributed by atoms with Crippen LogP contribution >= 0.6 is 11.8 Å². The zero-order chi connectivity index (χ0) is 14.1. The summed E-state index contributed by atoms with van der Waals surface area (Å²) in [6.45, 7) is 4.78. The molecule has 2 nitrogen and oxygen atoms in total. The van der Waals surface area contributed by atoms with E-state index in [0.29, 0.717) is 0 Å². The third-order valence-corrected chi connectivity index (χ3v) is 5.50. The molecular weight excluding hydrogens is 312 g/mol. The quantitative estimate of drug-likeness (QED) is 0.839. The molecule has 0 amide bonds. The second-order valence-corrected chi connectivity index (χ2v) is 6.82. The van der Waals surface area contributed by atoms with Crippen molar-refractivity contribution < 1.29 is 12.4 Å². The van der Waals surface area contributed by atoms with Crippen molar-refractivity contribution in [3.63, 3.8) is 0 Å². The average molecular weight is 332 g/mol. The molecule has 0 unspecified atom stereocenters. The van der Waals surface area contributed by atoms with Crippen molar-refractivity contribution in [2.75, 3.05) is 31.1 Å². The minimum atomic E-state index is 0. The van der Waals surface area contributed by atoms with E-state index in [1.54, 1.807) is 0 Å². The third kappa shape index (κ3) is 2.98. The molecule has 0 N–H and O–H groups in total. The second kappa shape index (κ2) is 6.95. The van der Waals surface area contributed by atoms with Crippen molar-refractivity contribution in [3.8, 4) is 0 Å². The van der Waals surface area contributed by atoms with E-state index >= 15 is 0 Å². The van der Waals surface area contributed by atoms with Crippen molar-refractivity contribution in [2.45, 2.75) is 22.6 Å². The molecule has 22 heavy (non-hydrogen) atoms. The number of anilines is 2. The lowest BCUT2D eigenvalue weighted by Crippen LogP contribution is -3.00. The fourth-order valence-electron chi connectivity index (χ4n) is 3.27. The molecule has 0 aliphatic carbocycles. The van der Waals surface area contributed by atoms with Gasteiger partial charge in [0.25, 0.3) is 0 Å². The molecule has 2 aromatic rings. The molecule has 1 fully saturated rings. The van der Waals surface area contributed by atoms with Crippen molar-refractivity contribution in [2.24, 2.45) is 0 Å². The van der Waals surface area contributed by atoms with Gasteiger partial charge in [0.05, 0.1) is 11.4 Å². The normalized spacial score (nSPS) is 16.8. The number of nitrogens with zero attached hydrogens (tertiary/aromatic N) is 2. The van der Waals surface area contributed by atoms with Gasteiger partial charge in [-0.1, -0.05) is 36.0 Å². The second-order valence-electron chi connectivity index (χ2n) is 5.74. The Bertz CT molecular complexity index is 595. The molecule has 0 spiro atoms. The van der Waals surface area contributed by atoms with Crippen LogP contribution in [0.4, 0.5) is 11.4 Å². The van der Waals surface area contributed by atoms with Crippen LogP contribution in [0.15, 0.2) is 58.3 Å². The highest BCUT2D eigenvalue weighted by Gasteiger charge is 2.23. The smallest absolute Gasteiger partial charge is 0.0553 e. The third-order valence-electron chi connectivity index (χ3n) is 4.37. The number of hydrogen-bond acceptors (Lipinski definition) is 3. The van der Waals surface area contributed by atoms with Gasteiger partial charge >= 0.3 is 0 Å². The van der Waals surface area contributed by atoms with E-state index in [1.165, 1.54) is 47.1 Å². The molecule has 4 heteroatoms. The number of rotatable bonds is 3. The Kier molecular flexibility index (Phi) is 4.97. The number of hydrogen-bond donors (Lipinski definition) is 0. The van der Waals surface area contributed by atoms with Gasteiger partial charge in [0.1, 0.15) is 0 Å². The minimum Gasteiger partial charge on any atom is -1.00 e. The van der Waals surface area contributed by atoms with E-state index in [2.05, 4.69) is 58.3 Å². The Morgan fingerprint density at radius 2 is 1.32 bits per heavy atom. The van der Waals surface area contributed by atoms with Crippen LogP contribution < -0.4 is 17.3 Å². The first kappa shape index (κ1) is 15.7. The predicted octanol–water partition coefficient (Wildman–Crippen LogP) is 1.39. The molecule has 0 saturated carbocycles. The lowest BCUT2D eigenvalue weighted by Gasteiger charge is -2.33. The average Bonchev–Trinajstić information content (AvgIpc) is 3.05. The Balaban J connectivity index is 0.00000144. The molecule has 2 aliphatic heterocycles. The van der Waals surface area contributed by atoms with E-state index in [4.69, 9.17) is 0 Å². The zero-order valence-electron chi connectivity index (χ0n) is 12.5. The summed E-state index contributed by atoms with van der Waals surface area (Å²) in [6, 6.07) is 17.5. The summed E-state index contributed by atoms with van der Waals surface area (Å²) in [7, 11) is 0. The van der Waals surface area contributed by atoms with Crippen molar-refractivity contribution in [1.29, 1.82) is 0 Å². The summed E-state index contributed by atoms with van der Waals surface area (Å²) in [5.74, 6) is 0. The van der Waals surface area contributed by atoms with Gasteiger partial charge in [0.2, 0.25) is 0 Å². The highest BCUT2D eigenvalue weighted by Crippen LogP contribution is 2.47. The molecule has 0 aromatic heterocycles. The zero-order valence-corrected chi connectivity index (χ0v) is 14.1. The van der Waals surface area contributed by atoms with Crippen molar-refractivity contribution in [3.05, 3.63) is 48.5 Å². The number of halogens is 1. The summed E-state index contributed by atoms with van der Waals surface area (Å²) in [6.07, 6.45) is 2.73. The van der Waals surface area contributed by atoms with Gasteiger partial charge in [-0.15, -0.1) is 0 Å². The number of likely N-dealkylation sites (tertiary alicyclic amines) is 1. The fourth-order valence-corrected chi connectivity index (χ4v) is 4.37. The Morgan fingerprint density at radius 1 is 0.773 bits per heavy atom. The molecular formula is C18H20ClN2S-. The van der Waals surface area contributed by atoms with Crippen LogP contribution in [0, 0.1) is 0 Å². The van der Waals surface area contributed by atoms with Gasteiger partial charge in [-0.05, 0) is 50.2 Å². The van der Waals surface area contributed by atoms with E-state index in [0.717, 1.165) is 13.1 Å². The van der Waals surface area contributed by atoms with Gasteiger partial charge in [-0.2, -0.15) is 0 Å². The Hall–Kier alpha value is -1.16. The Morgan fingerprint density at radius 3 is 1.91 bits per heavy atom. The van der Waals surface area contributed by atoms with E-state index in [9.17, 15) is 0 Å². The van der Waals surface area contributed by atoms with Gasteiger partial charge in [-0.3, -0.25) is 0 Å². The van der Waals surface area contributed by atoms with Crippen LogP contribution in [-0.4, -0.2) is 31.1 Å². The minimum absolute atomic E-state index is 0. The first-order valence-corrected chi connectivity index (χ1v) is 8.59. The summed E-state index contributed by atoms with van der Waals surface area (Å²) >= 11 is 1.89. The maximum Gasteiger partial charge on any atom is 0.0553 e. The van der Waals surface area contributed by atoms with E-state index in [-0.39, 0.29) is 12.4 Å². The van der Waals surface area contributed by atoms with E-state index < -0.39 is 0 Å². The predicted molar refractivity (Wildman–Crippen MR) is 89.7 cm³/mol. The molecule has 2 heterocycles. The van der Waals surface area contributed by atoms with Crippen molar-refractivity contribution >= 4 is 23.1 Å². The molecule has 2 aliphatic rings. The van der Waals surface area contributed by atoms with Crippen LogP contribution in [0.1, 0.15) is 12.8 Å². The molecule has 4 rings (SSSR count). The Labute approximate surface area is 142 Å². The molecule has 0 atom stereocenters. The SMILES string of the molecule is [Cl-].c1ccc2c(c1)Sc1ccccc1N2CCN1CCCC1. The standard InChI is InChI=1S/C18H20N2S.ClH/c1-3-9-17-15(7-1)20(14-13-19-11-5-6-12-19)16-8-2-4-10-18(16)21-17;/h1-4,7-10H,5-6,11-14H2;1H/p-1. The van der Waals surface area contributed by atoms with Gasteiger partial charge < -0.3 is 22.2 Å². The topological polar surface area (TPSA) is 6.48 Å². The summed E-state index contributed by atoms with van der Waals surface area (Å²) in [5, 5.41) is 0. The highest BCUT2D eigenvalue weighted by molar-refractivity contribution is 7.99. The summed E-state index contributed by atoms with van der Waals surface area (Å²) in [5.41, 5.74) is 2.72. The van der Waals surface area contributed by atoms with Gasteiger partial charge in [-0.25, -0.2) is 0 Å². The number of para-hydroxylation sites is 2. The monoisotopic (exact) mass is 331 g/mol. The van der Waals surface area contributed by atoms with E-state index in [1.807, 2.05) is 11.8 Å². The molecule has 1 saturated heterocycles. The number of fused-ring (bicyclic) bond motifs is 2.